The average molecular weight is 273 g/mol. The fourth-order valence-corrected chi connectivity index (χ4v) is 1.76. The number of rotatable bonds is 3. The van der Waals surface area contributed by atoms with Crippen molar-refractivity contribution in [3.05, 3.63) is 59.2 Å². The van der Waals surface area contributed by atoms with Crippen molar-refractivity contribution in [1.29, 1.82) is 5.26 Å². The van der Waals surface area contributed by atoms with Crippen LogP contribution in [0.15, 0.2) is 36.4 Å². The van der Waals surface area contributed by atoms with Crippen LogP contribution in [0.5, 0.6) is 11.5 Å². The van der Waals surface area contributed by atoms with Gasteiger partial charge in [-0.05, 0) is 35.7 Å². The number of nitriles is 1. The number of hydrogen-bond acceptors (Lipinski definition) is 2. The SMILES string of the molecule is CC(C)c1ccc(Oc2c(F)cc(C#N)cc2F)cc1. The van der Waals surface area contributed by atoms with Crippen LogP contribution in [0.4, 0.5) is 8.78 Å². The molecule has 0 saturated heterocycles. The Hall–Kier alpha value is -2.41. The van der Waals surface area contributed by atoms with Crippen molar-refractivity contribution >= 4 is 0 Å². The van der Waals surface area contributed by atoms with E-state index in [0.717, 1.165) is 17.7 Å². The lowest BCUT2D eigenvalue weighted by molar-refractivity contribution is 0.407. The molecular formula is C16H13F2NO. The van der Waals surface area contributed by atoms with E-state index in [-0.39, 0.29) is 5.56 Å². The Morgan fingerprint density at radius 3 is 2.05 bits per heavy atom. The van der Waals surface area contributed by atoms with E-state index in [9.17, 15) is 8.78 Å². The summed E-state index contributed by atoms with van der Waals surface area (Å²) in [6, 6.07) is 10.6. The minimum absolute atomic E-state index is 0.0810. The predicted molar refractivity (Wildman–Crippen MR) is 71.7 cm³/mol. The second kappa shape index (κ2) is 5.70. The van der Waals surface area contributed by atoms with E-state index in [0.29, 0.717) is 11.7 Å². The summed E-state index contributed by atoms with van der Waals surface area (Å²) in [5.41, 5.74) is 1.03. The summed E-state index contributed by atoms with van der Waals surface area (Å²) < 4.78 is 32.6. The maximum atomic E-state index is 13.7. The molecule has 2 rings (SSSR count). The Morgan fingerprint density at radius 1 is 1.05 bits per heavy atom. The van der Waals surface area contributed by atoms with Crippen LogP contribution in [0.3, 0.4) is 0 Å². The Labute approximate surface area is 116 Å². The van der Waals surface area contributed by atoms with E-state index in [1.165, 1.54) is 0 Å². The summed E-state index contributed by atoms with van der Waals surface area (Å²) >= 11 is 0. The van der Waals surface area contributed by atoms with Crippen molar-refractivity contribution in [2.24, 2.45) is 0 Å². The standard InChI is InChI=1S/C16H13F2NO/c1-10(2)12-3-5-13(6-4-12)20-16-14(17)7-11(9-19)8-15(16)18/h3-8,10H,1-2H3. The summed E-state index contributed by atoms with van der Waals surface area (Å²) in [4.78, 5) is 0. The smallest absolute Gasteiger partial charge is 0.198 e. The highest BCUT2D eigenvalue weighted by Gasteiger charge is 2.13. The zero-order valence-corrected chi connectivity index (χ0v) is 11.2. The van der Waals surface area contributed by atoms with E-state index in [4.69, 9.17) is 10.00 Å². The first-order valence-electron chi connectivity index (χ1n) is 6.18. The normalized spacial score (nSPS) is 10.4. The van der Waals surface area contributed by atoms with Gasteiger partial charge in [0.05, 0.1) is 11.6 Å². The van der Waals surface area contributed by atoms with Gasteiger partial charge in [-0.2, -0.15) is 5.26 Å². The molecule has 0 spiro atoms. The van der Waals surface area contributed by atoms with Crippen LogP contribution in [0.2, 0.25) is 0 Å². The molecule has 2 nitrogen and oxygen atoms in total. The van der Waals surface area contributed by atoms with E-state index in [1.54, 1.807) is 18.2 Å². The fraction of sp³-hybridized carbons (Fsp3) is 0.188. The van der Waals surface area contributed by atoms with Crippen LogP contribution >= 0.6 is 0 Å². The van der Waals surface area contributed by atoms with Gasteiger partial charge in [-0.25, -0.2) is 8.78 Å². The molecule has 0 atom stereocenters. The molecule has 0 heterocycles. The molecule has 0 saturated carbocycles. The molecule has 0 aromatic heterocycles. The fourth-order valence-electron chi connectivity index (χ4n) is 1.76. The minimum atomic E-state index is -0.894. The van der Waals surface area contributed by atoms with E-state index in [1.807, 2.05) is 12.1 Å². The molecule has 0 unspecified atom stereocenters. The topological polar surface area (TPSA) is 33.0 Å². The van der Waals surface area contributed by atoms with Crippen molar-refractivity contribution in [3.8, 4) is 17.6 Å². The lowest BCUT2D eigenvalue weighted by Gasteiger charge is -2.10. The summed E-state index contributed by atoms with van der Waals surface area (Å²) in [5.74, 6) is -1.57. The molecule has 0 aliphatic rings. The Kier molecular flexibility index (Phi) is 3.99. The Morgan fingerprint density at radius 2 is 1.60 bits per heavy atom. The third-order valence-electron chi connectivity index (χ3n) is 2.89. The van der Waals surface area contributed by atoms with Gasteiger partial charge in [-0.15, -0.1) is 0 Å². The molecule has 0 N–H and O–H groups in total. The second-order valence-corrected chi connectivity index (χ2v) is 4.71. The van der Waals surface area contributed by atoms with Gasteiger partial charge in [0.25, 0.3) is 0 Å². The van der Waals surface area contributed by atoms with Gasteiger partial charge in [0, 0.05) is 0 Å². The number of ether oxygens (including phenoxy) is 1. The summed E-state index contributed by atoms with van der Waals surface area (Å²) in [7, 11) is 0. The zero-order chi connectivity index (χ0) is 14.7. The number of benzene rings is 2. The maximum Gasteiger partial charge on any atom is 0.198 e. The largest absolute Gasteiger partial charge is 0.451 e. The van der Waals surface area contributed by atoms with Gasteiger partial charge >= 0.3 is 0 Å². The molecule has 2 aromatic rings. The van der Waals surface area contributed by atoms with E-state index < -0.39 is 17.4 Å². The van der Waals surface area contributed by atoms with Crippen molar-refractivity contribution in [2.75, 3.05) is 0 Å². The third kappa shape index (κ3) is 2.94. The highest BCUT2D eigenvalue weighted by molar-refractivity contribution is 5.40. The van der Waals surface area contributed by atoms with Gasteiger partial charge in [-0.1, -0.05) is 26.0 Å². The second-order valence-electron chi connectivity index (χ2n) is 4.71. The molecule has 102 valence electrons. The van der Waals surface area contributed by atoms with E-state index in [2.05, 4.69) is 13.8 Å². The van der Waals surface area contributed by atoms with Crippen LogP contribution < -0.4 is 4.74 Å². The Balaban J connectivity index is 2.28. The van der Waals surface area contributed by atoms with Gasteiger partial charge in [0.1, 0.15) is 5.75 Å². The first-order valence-corrected chi connectivity index (χ1v) is 6.18. The van der Waals surface area contributed by atoms with Gasteiger partial charge < -0.3 is 4.74 Å². The summed E-state index contributed by atoms with van der Waals surface area (Å²) in [6.45, 7) is 4.10. The van der Waals surface area contributed by atoms with Crippen LogP contribution in [-0.4, -0.2) is 0 Å². The van der Waals surface area contributed by atoms with Gasteiger partial charge in [0.2, 0.25) is 0 Å². The quantitative estimate of drug-likeness (QED) is 0.808. The maximum absolute atomic E-state index is 13.7. The number of nitrogens with zero attached hydrogens (tertiary/aromatic N) is 1. The molecule has 0 aliphatic heterocycles. The molecule has 2 aromatic carbocycles. The molecule has 0 fully saturated rings. The van der Waals surface area contributed by atoms with Crippen molar-refractivity contribution in [2.45, 2.75) is 19.8 Å². The van der Waals surface area contributed by atoms with Crippen molar-refractivity contribution < 1.29 is 13.5 Å². The lowest BCUT2D eigenvalue weighted by Crippen LogP contribution is -1.95. The van der Waals surface area contributed by atoms with Crippen molar-refractivity contribution in [3.63, 3.8) is 0 Å². The number of hydrogen-bond donors (Lipinski definition) is 0. The first-order chi connectivity index (χ1) is 9.51. The average Bonchev–Trinajstić information content (AvgIpc) is 2.43. The summed E-state index contributed by atoms with van der Waals surface area (Å²) in [5, 5.41) is 8.63. The monoisotopic (exact) mass is 273 g/mol. The third-order valence-corrected chi connectivity index (χ3v) is 2.89. The minimum Gasteiger partial charge on any atom is -0.451 e. The highest BCUT2D eigenvalue weighted by atomic mass is 19.1. The molecule has 0 aliphatic carbocycles. The Bertz CT molecular complexity index is 634. The molecule has 20 heavy (non-hydrogen) atoms. The molecule has 0 bridgehead atoms. The van der Waals surface area contributed by atoms with Crippen molar-refractivity contribution in [1.82, 2.24) is 0 Å². The molecular weight excluding hydrogens is 260 g/mol. The lowest BCUT2D eigenvalue weighted by atomic mass is 10.0. The molecule has 4 heteroatoms. The van der Waals surface area contributed by atoms with E-state index >= 15 is 0 Å². The number of halogens is 2. The van der Waals surface area contributed by atoms with Gasteiger partial charge in [0.15, 0.2) is 17.4 Å². The van der Waals surface area contributed by atoms with Crippen LogP contribution in [0.25, 0.3) is 0 Å². The molecule has 0 amide bonds. The van der Waals surface area contributed by atoms with Crippen LogP contribution in [0, 0.1) is 23.0 Å². The summed E-state index contributed by atoms with van der Waals surface area (Å²) in [6.07, 6.45) is 0. The highest BCUT2D eigenvalue weighted by Crippen LogP contribution is 2.29. The predicted octanol–water partition coefficient (Wildman–Crippen LogP) is 4.75. The molecule has 0 radical (unpaired) electrons. The van der Waals surface area contributed by atoms with Crippen LogP contribution in [0.1, 0.15) is 30.9 Å². The first kappa shape index (κ1) is 14.0. The zero-order valence-electron chi connectivity index (χ0n) is 11.2. The van der Waals surface area contributed by atoms with Crippen LogP contribution in [-0.2, 0) is 0 Å². The van der Waals surface area contributed by atoms with Gasteiger partial charge in [-0.3, -0.25) is 0 Å².